The van der Waals surface area contributed by atoms with E-state index < -0.39 is 30.2 Å². The Kier molecular flexibility index (Phi) is 11.9. The van der Waals surface area contributed by atoms with Crippen LogP contribution in [0.3, 0.4) is 0 Å². The summed E-state index contributed by atoms with van der Waals surface area (Å²) in [5, 5.41) is 11.2. The van der Waals surface area contributed by atoms with Crippen LogP contribution in [-0.2, 0) is 19.0 Å². The van der Waals surface area contributed by atoms with Gasteiger partial charge in [-0.25, -0.2) is 4.79 Å². The lowest BCUT2D eigenvalue weighted by molar-refractivity contribution is -0.142. The summed E-state index contributed by atoms with van der Waals surface area (Å²) in [6, 6.07) is 15.0. The number of alkyl carbamates (subject to hydrolysis) is 1. The minimum absolute atomic E-state index is 0.0230. The number of amides is 2. The molecule has 2 aromatic carbocycles. The first-order valence-corrected chi connectivity index (χ1v) is 11.4. The van der Waals surface area contributed by atoms with E-state index in [0.29, 0.717) is 23.5 Å². The topological polar surface area (TPSA) is 120 Å². The fourth-order valence-electron chi connectivity index (χ4n) is 3.07. The van der Waals surface area contributed by atoms with Gasteiger partial charge in [0, 0.05) is 18.6 Å². The van der Waals surface area contributed by atoms with Crippen LogP contribution in [0.25, 0.3) is 0 Å². The van der Waals surface area contributed by atoms with Gasteiger partial charge in [0.2, 0.25) is 0 Å². The first kappa shape index (κ1) is 27.2. The Morgan fingerprint density at radius 3 is 2.50 bits per heavy atom. The predicted molar refractivity (Wildman–Crippen MR) is 127 cm³/mol. The molecule has 10 heteroatoms. The highest BCUT2D eigenvalue weighted by molar-refractivity contribution is 7.81. The molecular weight excluding hydrogens is 462 g/mol. The maximum absolute atomic E-state index is 12.6. The minimum atomic E-state index is -0.961. The molecule has 2 N–H and O–H groups in total. The molecule has 34 heavy (non-hydrogen) atoms. The Bertz CT molecular complexity index is 924. The maximum atomic E-state index is 12.6. The van der Waals surface area contributed by atoms with Crippen molar-refractivity contribution in [3.05, 3.63) is 65.7 Å². The second-order valence-electron chi connectivity index (χ2n) is 6.95. The molecule has 2 amide bonds. The zero-order valence-electron chi connectivity index (χ0n) is 18.8. The molecule has 0 aliphatic rings. The van der Waals surface area contributed by atoms with Crippen molar-refractivity contribution in [1.82, 2.24) is 5.32 Å². The van der Waals surface area contributed by atoms with E-state index in [9.17, 15) is 14.4 Å². The van der Waals surface area contributed by atoms with Gasteiger partial charge in [-0.2, -0.15) is 12.6 Å². The lowest BCUT2D eigenvalue weighted by atomic mass is 10.0. The van der Waals surface area contributed by atoms with Crippen molar-refractivity contribution in [2.24, 2.45) is 0 Å². The van der Waals surface area contributed by atoms with Crippen molar-refractivity contribution >= 4 is 30.6 Å². The summed E-state index contributed by atoms with van der Waals surface area (Å²) in [5.74, 6) is -0.702. The van der Waals surface area contributed by atoms with Gasteiger partial charge in [0.25, 0.3) is 5.91 Å². The average molecular weight is 492 g/mol. The van der Waals surface area contributed by atoms with Gasteiger partial charge in [0.15, 0.2) is 6.10 Å². The van der Waals surface area contributed by atoms with Crippen molar-refractivity contribution in [2.75, 3.05) is 32.2 Å². The van der Waals surface area contributed by atoms with Crippen molar-refractivity contribution < 1.29 is 38.4 Å². The molecule has 0 fully saturated rings. The smallest absolute Gasteiger partial charge is 0.414 e. The predicted octanol–water partition coefficient (Wildman–Crippen LogP) is 2.93. The highest BCUT2D eigenvalue weighted by atomic mass is 32.1. The Hall–Kier alpha value is -3.08. The molecular formula is C24H29NO8S. The highest BCUT2D eigenvalue weighted by Crippen LogP contribution is 2.29. The van der Waals surface area contributed by atoms with Crippen LogP contribution in [0.2, 0.25) is 0 Å². The molecule has 0 heterocycles. The Morgan fingerprint density at radius 1 is 1.06 bits per heavy atom. The van der Waals surface area contributed by atoms with E-state index in [1.54, 1.807) is 61.5 Å². The average Bonchev–Trinajstić information content (AvgIpc) is 2.86. The summed E-state index contributed by atoms with van der Waals surface area (Å²) < 4.78 is 22.0. The van der Waals surface area contributed by atoms with Crippen molar-refractivity contribution in [2.45, 2.75) is 25.6 Å². The van der Waals surface area contributed by atoms with E-state index in [2.05, 4.69) is 17.9 Å². The van der Waals surface area contributed by atoms with Crippen LogP contribution >= 0.6 is 12.6 Å². The van der Waals surface area contributed by atoms with Crippen LogP contribution in [0.1, 0.15) is 35.4 Å². The van der Waals surface area contributed by atoms with Gasteiger partial charge in [0.1, 0.15) is 18.5 Å². The molecule has 9 nitrogen and oxygen atoms in total. The number of hydrogen-bond acceptors (Lipinski definition) is 9. The van der Waals surface area contributed by atoms with Crippen LogP contribution < -0.4 is 10.1 Å². The van der Waals surface area contributed by atoms with Gasteiger partial charge >= 0.3 is 12.1 Å². The molecule has 0 saturated carbocycles. The molecule has 0 aliphatic carbocycles. The van der Waals surface area contributed by atoms with Crippen LogP contribution in [-0.4, -0.2) is 61.4 Å². The quantitative estimate of drug-likeness (QED) is 0.289. The fourth-order valence-corrected chi connectivity index (χ4v) is 3.16. The molecule has 2 atom stereocenters. The van der Waals surface area contributed by atoms with E-state index in [4.69, 9.17) is 24.1 Å². The van der Waals surface area contributed by atoms with Crippen LogP contribution in [0.4, 0.5) is 4.79 Å². The zero-order valence-corrected chi connectivity index (χ0v) is 19.7. The van der Waals surface area contributed by atoms with Crippen LogP contribution in [0.15, 0.2) is 54.6 Å². The number of rotatable bonds is 13. The summed E-state index contributed by atoms with van der Waals surface area (Å²) in [5.41, 5.74) is 0.840. The minimum Gasteiger partial charge on any atom is -0.491 e. The molecule has 0 spiro atoms. The third-order valence-corrected chi connectivity index (χ3v) is 4.80. The number of imide groups is 1. The molecule has 2 aromatic rings. The van der Waals surface area contributed by atoms with Gasteiger partial charge in [-0.1, -0.05) is 30.3 Å². The summed E-state index contributed by atoms with van der Waals surface area (Å²) in [6.07, 6.45) is -2.38. The lowest BCUT2D eigenvalue weighted by Crippen LogP contribution is -2.36. The van der Waals surface area contributed by atoms with Crippen molar-refractivity contribution in [3.8, 4) is 5.75 Å². The molecule has 0 bridgehead atoms. The number of aliphatic hydroxyl groups is 1. The standard InChI is InChI=1S/C24H29NO8S/c1-2-30-20(11-13-32-21(27)16-34)22(18-9-6-10-19(15-18)31-14-12-26)33-24(29)25-23(28)17-7-4-3-5-8-17/h3-10,15,20,22,26,34H,2,11-14,16H2,1H3,(H,25,28,29)/t20-,22-/m1/s1. The summed E-state index contributed by atoms with van der Waals surface area (Å²) in [7, 11) is 0. The number of benzene rings is 2. The first-order chi connectivity index (χ1) is 16.5. The maximum Gasteiger partial charge on any atom is 0.414 e. The molecule has 0 saturated heterocycles. The van der Waals surface area contributed by atoms with Gasteiger partial charge < -0.3 is 24.1 Å². The SMILES string of the molecule is CCO[C@H](CCOC(=O)CS)[C@H](OC(=O)NC(=O)c1ccccc1)c1cccc(OCCO)c1. The molecule has 0 radical (unpaired) electrons. The van der Waals surface area contributed by atoms with E-state index in [0.717, 1.165) is 0 Å². The number of hydrogen-bond donors (Lipinski definition) is 3. The lowest BCUT2D eigenvalue weighted by Gasteiger charge is -2.27. The van der Waals surface area contributed by atoms with E-state index in [-0.39, 0.29) is 32.0 Å². The van der Waals surface area contributed by atoms with E-state index in [1.807, 2.05) is 0 Å². The van der Waals surface area contributed by atoms with Gasteiger partial charge in [-0.05, 0) is 36.8 Å². The number of ether oxygens (including phenoxy) is 4. The second kappa shape index (κ2) is 14.9. The van der Waals surface area contributed by atoms with Crippen molar-refractivity contribution in [1.29, 1.82) is 0 Å². The van der Waals surface area contributed by atoms with Gasteiger partial charge in [0.05, 0.1) is 19.0 Å². The van der Waals surface area contributed by atoms with Gasteiger partial charge in [-0.3, -0.25) is 14.9 Å². The van der Waals surface area contributed by atoms with Crippen LogP contribution in [0, 0.1) is 0 Å². The number of carbonyl (C=O) groups is 3. The van der Waals surface area contributed by atoms with E-state index in [1.165, 1.54) is 0 Å². The Morgan fingerprint density at radius 2 is 1.82 bits per heavy atom. The third-order valence-electron chi connectivity index (χ3n) is 4.55. The second-order valence-corrected chi connectivity index (χ2v) is 7.27. The first-order valence-electron chi connectivity index (χ1n) is 10.8. The van der Waals surface area contributed by atoms with Crippen LogP contribution in [0.5, 0.6) is 5.75 Å². The Balaban J connectivity index is 2.23. The Labute approximate surface area is 203 Å². The number of nitrogens with one attached hydrogen (secondary N) is 1. The number of carbonyl (C=O) groups excluding carboxylic acids is 3. The molecule has 0 unspecified atom stereocenters. The zero-order chi connectivity index (χ0) is 24.8. The molecule has 0 aromatic heterocycles. The summed E-state index contributed by atoms with van der Waals surface area (Å²) in [4.78, 5) is 36.5. The van der Waals surface area contributed by atoms with Gasteiger partial charge in [-0.15, -0.1) is 0 Å². The molecule has 2 rings (SSSR count). The number of aliphatic hydroxyl groups excluding tert-OH is 1. The summed E-state index contributed by atoms with van der Waals surface area (Å²) in [6.45, 7) is 2.04. The largest absolute Gasteiger partial charge is 0.491 e. The third kappa shape index (κ3) is 9.05. The van der Waals surface area contributed by atoms with Crippen molar-refractivity contribution in [3.63, 3.8) is 0 Å². The van der Waals surface area contributed by atoms with E-state index >= 15 is 0 Å². The monoisotopic (exact) mass is 491 g/mol. The highest BCUT2D eigenvalue weighted by Gasteiger charge is 2.29. The summed E-state index contributed by atoms with van der Waals surface area (Å²) >= 11 is 3.88. The fraction of sp³-hybridized carbons (Fsp3) is 0.375. The number of esters is 1. The number of thiol groups is 1. The normalized spacial score (nSPS) is 12.3. The molecule has 184 valence electrons. The molecule has 0 aliphatic heterocycles.